The predicted octanol–water partition coefficient (Wildman–Crippen LogP) is 3.35. The number of aromatic nitrogens is 1. The summed E-state index contributed by atoms with van der Waals surface area (Å²) in [5.41, 5.74) is 4.95. The third-order valence-electron chi connectivity index (χ3n) is 6.08. The fraction of sp³-hybridized carbons (Fsp3) is 0.346. The van der Waals surface area contributed by atoms with Crippen molar-refractivity contribution in [3.63, 3.8) is 0 Å². The summed E-state index contributed by atoms with van der Waals surface area (Å²) in [7, 11) is 0. The van der Waals surface area contributed by atoms with Gasteiger partial charge < -0.3 is 15.4 Å². The van der Waals surface area contributed by atoms with Crippen molar-refractivity contribution >= 4 is 22.7 Å². The summed E-state index contributed by atoms with van der Waals surface area (Å²) >= 11 is 0. The number of fused-ring (bicyclic) bond motifs is 2. The van der Waals surface area contributed by atoms with E-state index < -0.39 is 0 Å². The van der Waals surface area contributed by atoms with Crippen molar-refractivity contribution < 1.29 is 14.3 Å². The lowest BCUT2D eigenvalue weighted by molar-refractivity contribution is -0.123. The highest BCUT2D eigenvalue weighted by molar-refractivity contribution is 6.07. The van der Waals surface area contributed by atoms with Gasteiger partial charge in [-0.25, -0.2) is 0 Å². The Balaban J connectivity index is 1.17. The van der Waals surface area contributed by atoms with Crippen LogP contribution in [0.15, 0.2) is 48.5 Å². The lowest BCUT2D eigenvalue weighted by atomic mass is 10.0. The number of ether oxygens (including phenoxy) is 1. The molecule has 0 atom stereocenters. The molecule has 0 aliphatic heterocycles. The highest BCUT2D eigenvalue weighted by atomic mass is 16.5. The van der Waals surface area contributed by atoms with Crippen LogP contribution in [-0.4, -0.2) is 36.0 Å². The summed E-state index contributed by atoms with van der Waals surface area (Å²) in [5, 5.41) is 6.93. The molecule has 164 valence electrons. The lowest BCUT2D eigenvalue weighted by Crippen LogP contribution is -2.30. The zero-order valence-corrected chi connectivity index (χ0v) is 18.0. The Morgan fingerprint density at radius 3 is 2.66 bits per heavy atom. The lowest BCUT2D eigenvalue weighted by Gasteiger charge is -2.13. The molecule has 1 saturated carbocycles. The van der Waals surface area contributed by atoms with E-state index in [0.717, 1.165) is 71.8 Å². The van der Waals surface area contributed by atoms with E-state index in [1.54, 1.807) is 0 Å². The van der Waals surface area contributed by atoms with E-state index in [1.165, 1.54) is 0 Å². The number of hydrogen-bond donors (Lipinski definition) is 2. The van der Waals surface area contributed by atoms with Gasteiger partial charge >= 0.3 is 0 Å². The molecular weight excluding hydrogens is 402 g/mol. The molecule has 1 fully saturated rings. The van der Waals surface area contributed by atoms with E-state index in [9.17, 15) is 9.59 Å². The van der Waals surface area contributed by atoms with Gasteiger partial charge in [0.25, 0.3) is 11.8 Å². The van der Waals surface area contributed by atoms with Crippen molar-refractivity contribution in [2.24, 2.45) is 0 Å². The average Bonchev–Trinajstić information content (AvgIpc) is 3.50. The number of hydrogen-bond acceptors (Lipinski definition) is 4. The number of carbonyl (C=O) groups excluding carboxylic acids is 2. The van der Waals surface area contributed by atoms with Crippen LogP contribution in [0, 0.1) is 0 Å². The predicted molar refractivity (Wildman–Crippen MR) is 123 cm³/mol. The minimum Gasteiger partial charge on any atom is -0.484 e. The zero-order valence-electron chi connectivity index (χ0n) is 18.0. The van der Waals surface area contributed by atoms with Gasteiger partial charge in [-0.3, -0.25) is 14.6 Å². The number of nitrogens with one attached hydrogen (secondary N) is 2. The summed E-state index contributed by atoms with van der Waals surface area (Å²) in [6.45, 7) is 0.588. The van der Waals surface area contributed by atoms with Crippen molar-refractivity contribution in [3.05, 3.63) is 70.9 Å². The van der Waals surface area contributed by atoms with Gasteiger partial charge in [0.15, 0.2) is 6.61 Å². The van der Waals surface area contributed by atoms with Gasteiger partial charge in [0.1, 0.15) is 5.75 Å². The molecule has 2 aromatic carbocycles. The van der Waals surface area contributed by atoms with E-state index in [-0.39, 0.29) is 18.4 Å². The SMILES string of the molecule is O=C(COc1ccc(CCNC(=O)c2c3c(nc4ccccc24)CCC3)cc1)NC1CC1. The van der Waals surface area contributed by atoms with Crippen LogP contribution in [0.1, 0.15) is 46.4 Å². The molecular formula is C26H27N3O3. The van der Waals surface area contributed by atoms with Crippen LogP contribution in [-0.2, 0) is 24.1 Å². The van der Waals surface area contributed by atoms with E-state index >= 15 is 0 Å². The molecule has 2 aliphatic rings. The molecule has 0 radical (unpaired) electrons. The summed E-state index contributed by atoms with van der Waals surface area (Å²) in [6, 6.07) is 15.9. The Kier molecular flexibility index (Phi) is 5.75. The molecule has 0 unspecified atom stereocenters. The Hall–Kier alpha value is -3.41. The van der Waals surface area contributed by atoms with Crippen molar-refractivity contribution in [3.8, 4) is 5.75 Å². The Bertz CT molecular complexity index is 1150. The van der Waals surface area contributed by atoms with Gasteiger partial charge in [-0.2, -0.15) is 0 Å². The highest BCUT2D eigenvalue weighted by Crippen LogP contribution is 2.29. The maximum Gasteiger partial charge on any atom is 0.258 e. The molecule has 32 heavy (non-hydrogen) atoms. The number of rotatable bonds is 8. The summed E-state index contributed by atoms with van der Waals surface area (Å²) < 4.78 is 5.55. The molecule has 2 N–H and O–H groups in total. The second-order valence-electron chi connectivity index (χ2n) is 8.56. The molecule has 0 spiro atoms. The smallest absolute Gasteiger partial charge is 0.258 e. The van der Waals surface area contributed by atoms with Gasteiger partial charge in [0.05, 0.1) is 11.1 Å². The maximum atomic E-state index is 13.1. The molecule has 5 rings (SSSR count). The van der Waals surface area contributed by atoms with Crippen LogP contribution in [0.5, 0.6) is 5.75 Å². The first-order valence-corrected chi connectivity index (χ1v) is 11.4. The number of para-hydroxylation sites is 1. The molecule has 6 nitrogen and oxygen atoms in total. The first kappa shape index (κ1) is 20.5. The normalized spacial score (nSPS) is 14.8. The molecule has 1 aromatic heterocycles. The van der Waals surface area contributed by atoms with Crippen molar-refractivity contribution in [1.29, 1.82) is 0 Å². The summed E-state index contributed by atoms with van der Waals surface area (Å²) in [5.74, 6) is 0.570. The quantitative estimate of drug-likeness (QED) is 0.576. The Labute approximate surface area is 187 Å². The van der Waals surface area contributed by atoms with E-state index in [1.807, 2.05) is 48.5 Å². The number of pyridine rings is 1. The minimum absolute atomic E-state index is 0.0246. The van der Waals surface area contributed by atoms with Gasteiger partial charge in [0.2, 0.25) is 0 Å². The first-order valence-electron chi connectivity index (χ1n) is 11.4. The zero-order chi connectivity index (χ0) is 21.9. The van der Waals surface area contributed by atoms with Crippen LogP contribution < -0.4 is 15.4 Å². The van der Waals surface area contributed by atoms with Crippen molar-refractivity contribution in [1.82, 2.24) is 15.6 Å². The van der Waals surface area contributed by atoms with Gasteiger partial charge in [0, 0.05) is 23.7 Å². The number of nitrogens with zero attached hydrogens (tertiary/aromatic N) is 1. The van der Waals surface area contributed by atoms with Crippen molar-refractivity contribution in [2.45, 2.75) is 44.6 Å². The van der Waals surface area contributed by atoms with Crippen LogP contribution >= 0.6 is 0 Å². The van der Waals surface area contributed by atoms with Crippen LogP contribution in [0.2, 0.25) is 0 Å². The molecule has 6 heteroatoms. The third-order valence-corrected chi connectivity index (χ3v) is 6.08. The summed E-state index contributed by atoms with van der Waals surface area (Å²) in [6.07, 6.45) is 5.76. The molecule has 2 amide bonds. The molecule has 0 bridgehead atoms. The number of amides is 2. The van der Waals surface area contributed by atoms with Gasteiger partial charge in [-0.15, -0.1) is 0 Å². The van der Waals surface area contributed by atoms with Crippen molar-refractivity contribution in [2.75, 3.05) is 13.2 Å². The highest BCUT2D eigenvalue weighted by Gasteiger charge is 2.24. The monoisotopic (exact) mass is 429 g/mol. The topological polar surface area (TPSA) is 80.3 Å². The molecule has 1 heterocycles. The fourth-order valence-electron chi connectivity index (χ4n) is 4.28. The van der Waals surface area contributed by atoms with Crippen LogP contribution in [0.3, 0.4) is 0 Å². The van der Waals surface area contributed by atoms with Gasteiger partial charge in [-0.05, 0) is 67.9 Å². The van der Waals surface area contributed by atoms with E-state index in [4.69, 9.17) is 9.72 Å². The standard InChI is InChI=1S/C26H27N3O3/c30-24(28-18-10-11-18)16-32-19-12-8-17(9-13-19)14-15-27-26(31)25-20-4-1-2-6-22(20)29-23-7-3-5-21(23)25/h1-2,4,6,8-9,12-13,18H,3,5,7,10-11,14-16H2,(H,27,31)(H,28,30). The number of carbonyl (C=O) groups is 2. The van der Waals surface area contributed by atoms with E-state index in [0.29, 0.717) is 18.3 Å². The number of aryl methyl sites for hydroxylation is 1. The fourth-order valence-corrected chi connectivity index (χ4v) is 4.28. The van der Waals surface area contributed by atoms with Crippen LogP contribution in [0.25, 0.3) is 10.9 Å². The summed E-state index contributed by atoms with van der Waals surface area (Å²) in [4.78, 5) is 29.6. The van der Waals surface area contributed by atoms with Gasteiger partial charge in [-0.1, -0.05) is 30.3 Å². The first-order chi connectivity index (χ1) is 15.7. The van der Waals surface area contributed by atoms with Crippen LogP contribution in [0.4, 0.5) is 0 Å². The largest absolute Gasteiger partial charge is 0.484 e. The average molecular weight is 430 g/mol. The van der Waals surface area contributed by atoms with E-state index in [2.05, 4.69) is 10.6 Å². The minimum atomic E-state index is -0.0746. The Morgan fingerprint density at radius 2 is 1.84 bits per heavy atom. The second kappa shape index (κ2) is 8.99. The maximum absolute atomic E-state index is 13.1. The molecule has 0 saturated heterocycles. The molecule has 3 aromatic rings. The Morgan fingerprint density at radius 1 is 1.03 bits per heavy atom. The third kappa shape index (κ3) is 4.59. The number of benzene rings is 2. The second-order valence-corrected chi connectivity index (χ2v) is 8.56. The molecule has 2 aliphatic carbocycles.